The van der Waals surface area contributed by atoms with Crippen molar-refractivity contribution in [1.29, 1.82) is 0 Å². The van der Waals surface area contributed by atoms with Crippen LogP contribution < -0.4 is 5.32 Å². The van der Waals surface area contributed by atoms with Crippen molar-refractivity contribution in [2.75, 3.05) is 39.3 Å². The number of amides is 1. The van der Waals surface area contributed by atoms with Crippen LogP contribution in [0.25, 0.3) is 0 Å². The third-order valence-corrected chi connectivity index (χ3v) is 4.34. The van der Waals surface area contributed by atoms with Gasteiger partial charge in [-0.05, 0) is 44.7 Å². The van der Waals surface area contributed by atoms with Crippen LogP contribution in [0.4, 0.5) is 0 Å². The number of hydrogen-bond donors (Lipinski definition) is 1. The summed E-state index contributed by atoms with van der Waals surface area (Å²) in [5, 5.41) is 3.21. The lowest BCUT2D eigenvalue weighted by Crippen LogP contribution is -2.45. The van der Waals surface area contributed by atoms with E-state index in [2.05, 4.69) is 24.1 Å². The van der Waals surface area contributed by atoms with Gasteiger partial charge in [0.05, 0.1) is 6.54 Å². The van der Waals surface area contributed by atoms with E-state index in [4.69, 9.17) is 0 Å². The topological polar surface area (TPSA) is 35.6 Å². The number of rotatable bonds is 5. The number of piperidine rings is 1. The molecule has 1 N–H and O–H groups in total. The lowest BCUT2D eigenvalue weighted by molar-refractivity contribution is -0.131. The van der Waals surface area contributed by atoms with Crippen LogP contribution in [0.2, 0.25) is 0 Å². The minimum Gasteiger partial charge on any atom is -0.342 e. The molecule has 0 bridgehead atoms. The average molecular weight is 267 g/mol. The fraction of sp³-hybridized carbons (Fsp3) is 0.933. The van der Waals surface area contributed by atoms with Gasteiger partial charge in [0.25, 0.3) is 0 Å². The van der Waals surface area contributed by atoms with E-state index >= 15 is 0 Å². The summed E-state index contributed by atoms with van der Waals surface area (Å²) in [5.41, 5.74) is 0. The first kappa shape index (κ1) is 14.8. The number of hydrogen-bond acceptors (Lipinski definition) is 3. The summed E-state index contributed by atoms with van der Waals surface area (Å²) in [6.07, 6.45) is 5.12. The monoisotopic (exact) mass is 267 g/mol. The van der Waals surface area contributed by atoms with Gasteiger partial charge < -0.3 is 15.1 Å². The molecule has 4 heteroatoms. The molecule has 2 rings (SSSR count). The molecule has 2 saturated heterocycles. The predicted molar refractivity (Wildman–Crippen MR) is 78.1 cm³/mol. The van der Waals surface area contributed by atoms with Crippen molar-refractivity contribution in [2.45, 2.75) is 45.6 Å². The van der Waals surface area contributed by atoms with Gasteiger partial charge in [-0.3, -0.25) is 4.79 Å². The van der Waals surface area contributed by atoms with E-state index in [0.29, 0.717) is 12.6 Å². The molecule has 2 aliphatic rings. The highest BCUT2D eigenvalue weighted by atomic mass is 16.2. The summed E-state index contributed by atoms with van der Waals surface area (Å²) < 4.78 is 0. The normalized spacial score (nSPS) is 22.4. The Kier molecular flexibility index (Phi) is 5.64. The van der Waals surface area contributed by atoms with Gasteiger partial charge in [0.1, 0.15) is 0 Å². The number of carbonyl (C=O) groups excluding carboxylic acids is 1. The third-order valence-electron chi connectivity index (χ3n) is 4.34. The molecule has 19 heavy (non-hydrogen) atoms. The molecule has 0 spiro atoms. The van der Waals surface area contributed by atoms with Crippen LogP contribution in [-0.2, 0) is 4.79 Å². The first-order chi connectivity index (χ1) is 9.15. The third kappa shape index (κ3) is 4.77. The molecule has 2 fully saturated rings. The lowest BCUT2D eigenvalue weighted by Gasteiger charge is -2.34. The van der Waals surface area contributed by atoms with Crippen molar-refractivity contribution < 1.29 is 4.79 Å². The van der Waals surface area contributed by atoms with Crippen molar-refractivity contribution in [1.82, 2.24) is 15.1 Å². The van der Waals surface area contributed by atoms with Gasteiger partial charge in [-0.1, -0.05) is 13.8 Å². The first-order valence-electron chi connectivity index (χ1n) is 7.88. The Morgan fingerprint density at radius 3 is 2.37 bits per heavy atom. The Hall–Kier alpha value is -0.610. The summed E-state index contributed by atoms with van der Waals surface area (Å²) in [7, 11) is 0. The molecule has 0 atom stereocenters. The minimum atomic E-state index is 0.272. The zero-order chi connectivity index (χ0) is 13.7. The Morgan fingerprint density at radius 1 is 1.16 bits per heavy atom. The minimum absolute atomic E-state index is 0.272. The van der Waals surface area contributed by atoms with E-state index in [1.807, 2.05) is 4.90 Å². The number of carbonyl (C=O) groups is 1. The van der Waals surface area contributed by atoms with Gasteiger partial charge >= 0.3 is 0 Å². The molecular weight excluding hydrogens is 238 g/mol. The van der Waals surface area contributed by atoms with E-state index in [0.717, 1.165) is 19.0 Å². The van der Waals surface area contributed by atoms with Crippen LogP contribution in [0.3, 0.4) is 0 Å². The van der Waals surface area contributed by atoms with E-state index in [1.54, 1.807) is 0 Å². The number of nitrogens with zero attached hydrogens (tertiary/aromatic N) is 2. The highest BCUT2D eigenvalue weighted by Crippen LogP contribution is 2.20. The van der Waals surface area contributed by atoms with Crippen molar-refractivity contribution in [3.8, 4) is 0 Å². The molecule has 2 heterocycles. The van der Waals surface area contributed by atoms with Gasteiger partial charge in [-0.25, -0.2) is 0 Å². The summed E-state index contributed by atoms with van der Waals surface area (Å²) in [6.45, 7) is 10.4. The summed E-state index contributed by atoms with van der Waals surface area (Å²) in [6, 6.07) is 0.386. The Labute approximate surface area is 117 Å². The van der Waals surface area contributed by atoms with Crippen molar-refractivity contribution in [3.05, 3.63) is 0 Å². The standard InChI is InChI=1S/C15H29N3O/c1-13(2)16-11-15(19)18-9-5-14(6-10-18)12-17-7-3-4-8-17/h13-14,16H,3-12H2,1-2H3. The number of nitrogens with one attached hydrogen (secondary N) is 1. The van der Waals surface area contributed by atoms with Crippen LogP contribution in [0.1, 0.15) is 39.5 Å². The van der Waals surface area contributed by atoms with Crippen molar-refractivity contribution in [2.24, 2.45) is 5.92 Å². The maximum Gasteiger partial charge on any atom is 0.236 e. The SMILES string of the molecule is CC(C)NCC(=O)N1CCC(CN2CCCC2)CC1. The van der Waals surface area contributed by atoms with Crippen LogP contribution in [0.15, 0.2) is 0 Å². The molecule has 0 aromatic rings. The van der Waals surface area contributed by atoms with Gasteiger partial charge in [-0.15, -0.1) is 0 Å². The maximum atomic E-state index is 12.0. The van der Waals surface area contributed by atoms with Crippen LogP contribution in [-0.4, -0.2) is 61.0 Å². The second-order valence-corrected chi connectivity index (χ2v) is 6.37. The predicted octanol–water partition coefficient (Wildman–Crippen LogP) is 1.32. The maximum absolute atomic E-state index is 12.0. The highest BCUT2D eigenvalue weighted by molar-refractivity contribution is 5.78. The largest absolute Gasteiger partial charge is 0.342 e. The molecule has 110 valence electrons. The summed E-state index contributed by atoms with van der Waals surface area (Å²) in [4.78, 5) is 16.6. The molecule has 0 aliphatic carbocycles. The molecule has 1 amide bonds. The summed E-state index contributed by atoms with van der Waals surface area (Å²) >= 11 is 0. The zero-order valence-electron chi connectivity index (χ0n) is 12.5. The van der Waals surface area contributed by atoms with Gasteiger partial charge in [0.2, 0.25) is 5.91 Å². The fourth-order valence-corrected chi connectivity index (χ4v) is 3.10. The Balaban J connectivity index is 1.65. The van der Waals surface area contributed by atoms with E-state index in [9.17, 15) is 4.79 Å². The zero-order valence-corrected chi connectivity index (χ0v) is 12.5. The highest BCUT2D eigenvalue weighted by Gasteiger charge is 2.24. The molecular formula is C15H29N3O. The van der Waals surface area contributed by atoms with Gasteiger partial charge in [0, 0.05) is 25.7 Å². The molecule has 0 aromatic carbocycles. The van der Waals surface area contributed by atoms with Crippen LogP contribution >= 0.6 is 0 Å². The Morgan fingerprint density at radius 2 is 1.79 bits per heavy atom. The van der Waals surface area contributed by atoms with Crippen molar-refractivity contribution in [3.63, 3.8) is 0 Å². The molecule has 0 unspecified atom stereocenters. The lowest BCUT2D eigenvalue weighted by atomic mass is 9.96. The average Bonchev–Trinajstić information content (AvgIpc) is 2.89. The molecule has 2 aliphatic heterocycles. The molecule has 0 saturated carbocycles. The van der Waals surface area contributed by atoms with E-state index < -0.39 is 0 Å². The van der Waals surface area contributed by atoms with E-state index in [-0.39, 0.29) is 5.91 Å². The second-order valence-electron chi connectivity index (χ2n) is 6.37. The van der Waals surface area contributed by atoms with Crippen molar-refractivity contribution >= 4 is 5.91 Å². The smallest absolute Gasteiger partial charge is 0.236 e. The summed E-state index contributed by atoms with van der Waals surface area (Å²) in [5.74, 6) is 1.08. The van der Waals surface area contributed by atoms with Crippen LogP contribution in [0.5, 0.6) is 0 Å². The first-order valence-corrected chi connectivity index (χ1v) is 7.88. The quantitative estimate of drug-likeness (QED) is 0.816. The molecule has 0 radical (unpaired) electrons. The van der Waals surface area contributed by atoms with Gasteiger partial charge in [-0.2, -0.15) is 0 Å². The fourth-order valence-electron chi connectivity index (χ4n) is 3.10. The van der Waals surface area contributed by atoms with Crippen LogP contribution in [0, 0.1) is 5.92 Å². The molecule has 4 nitrogen and oxygen atoms in total. The number of likely N-dealkylation sites (tertiary alicyclic amines) is 2. The Bertz CT molecular complexity index is 279. The molecule has 0 aromatic heterocycles. The second kappa shape index (κ2) is 7.25. The van der Waals surface area contributed by atoms with Gasteiger partial charge in [0.15, 0.2) is 0 Å². The van der Waals surface area contributed by atoms with E-state index in [1.165, 1.54) is 45.3 Å².